The molecule has 0 unspecified atom stereocenters. The molecule has 1 heterocycles. The fraction of sp³-hybridized carbons (Fsp3) is 0.0526. The number of allylic oxidation sites excluding steroid dienone is 1. The number of alkyl halides is 3. The number of aromatic nitrogens is 1. The maximum atomic E-state index is 12.8. The van der Waals surface area contributed by atoms with Crippen molar-refractivity contribution >= 4 is 34.2 Å². The Bertz CT molecular complexity index is 1020. The molecule has 3 nitrogen and oxygen atoms in total. The summed E-state index contributed by atoms with van der Waals surface area (Å²) in [7, 11) is 0. The number of anilines is 1. The fourth-order valence-electron chi connectivity index (χ4n) is 2.23. The van der Waals surface area contributed by atoms with Crippen molar-refractivity contribution in [2.75, 3.05) is 5.32 Å². The van der Waals surface area contributed by atoms with Gasteiger partial charge in [0.2, 0.25) is 0 Å². The van der Waals surface area contributed by atoms with Crippen molar-refractivity contribution in [3.05, 3.63) is 75.7 Å². The first kappa shape index (κ1) is 19.0. The van der Waals surface area contributed by atoms with Crippen LogP contribution in [0.1, 0.15) is 10.6 Å². The van der Waals surface area contributed by atoms with Gasteiger partial charge in [-0.1, -0.05) is 29.8 Å². The van der Waals surface area contributed by atoms with Crippen molar-refractivity contribution in [2.45, 2.75) is 6.18 Å². The molecule has 27 heavy (non-hydrogen) atoms. The predicted molar refractivity (Wildman–Crippen MR) is 101 cm³/mol. The van der Waals surface area contributed by atoms with Crippen LogP contribution in [0.15, 0.2) is 60.1 Å². The SMILES string of the molecule is N#CC(=CNc1cccc(C(F)(F)F)c1)c1nc(-c2ccc(Cl)cc2)cs1. The topological polar surface area (TPSA) is 48.7 Å². The molecule has 0 aliphatic heterocycles. The highest BCUT2D eigenvalue weighted by Crippen LogP contribution is 2.31. The number of benzene rings is 2. The molecule has 136 valence electrons. The molecule has 3 rings (SSSR count). The first-order valence-corrected chi connectivity index (χ1v) is 8.88. The summed E-state index contributed by atoms with van der Waals surface area (Å²) in [5.74, 6) is 0. The maximum absolute atomic E-state index is 12.8. The Balaban J connectivity index is 1.82. The summed E-state index contributed by atoms with van der Waals surface area (Å²) in [6, 6.07) is 13.9. The minimum absolute atomic E-state index is 0.220. The summed E-state index contributed by atoms with van der Waals surface area (Å²) < 4.78 is 38.3. The number of hydrogen-bond donors (Lipinski definition) is 1. The molecule has 1 aromatic heterocycles. The van der Waals surface area contributed by atoms with E-state index < -0.39 is 11.7 Å². The third-order valence-electron chi connectivity index (χ3n) is 3.57. The van der Waals surface area contributed by atoms with Gasteiger partial charge >= 0.3 is 6.18 Å². The number of halogens is 4. The quantitative estimate of drug-likeness (QED) is 0.507. The lowest BCUT2D eigenvalue weighted by atomic mass is 10.2. The zero-order valence-corrected chi connectivity index (χ0v) is 15.2. The molecular weight excluding hydrogens is 395 g/mol. The van der Waals surface area contributed by atoms with Crippen LogP contribution in [-0.2, 0) is 6.18 Å². The minimum atomic E-state index is -4.43. The molecule has 8 heteroatoms. The van der Waals surface area contributed by atoms with Gasteiger partial charge in [-0.15, -0.1) is 11.3 Å². The molecule has 0 bridgehead atoms. The first-order chi connectivity index (χ1) is 12.9. The second-order valence-electron chi connectivity index (χ2n) is 5.44. The molecule has 0 spiro atoms. The van der Waals surface area contributed by atoms with Crippen molar-refractivity contribution in [3.63, 3.8) is 0 Å². The molecule has 1 N–H and O–H groups in total. The third kappa shape index (κ3) is 4.67. The molecule has 0 fully saturated rings. The third-order valence-corrected chi connectivity index (χ3v) is 4.70. The Morgan fingerprint density at radius 2 is 1.93 bits per heavy atom. The first-order valence-electron chi connectivity index (χ1n) is 7.63. The predicted octanol–water partition coefficient (Wildman–Crippen LogP) is 6.46. The molecule has 3 aromatic rings. The molecule has 2 aromatic carbocycles. The number of nitrogens with one attached hydrogen (secondary N) is 1. The number of nitrogens with zero attached hydrogens (tertiary/aromatic N) is 2. The smallest absolute Gasteiger partial charge is 0.360 e. The van der Waals surface area contributed by atoms with Crippen LogP contribution in [0.25, 0.3) is 16.8 Å². The molecule has 0 saturated heterocycles. The van der Waals surface area contributed by atoms with Crippen molar-refractivity contribution in [3.8, 4) is 17.3 Å². The normalized spacial score (nSPS) is 11.9. The summed E-state index contributed by atoms with van der Waals surface area (Å²) in [6.45, 7) is 0. The van der Waals surface area contributed by atoms with Crippen LogP contribution in [0.2, 0.25) is 5.02 Å². The van der Waals surface area contributed by atoms with Crippen molar-refractivity contribution in [1.82, 2.24) is 4.98 Å². The second kappa shape index (κ2) is 7.82. The second-order valence-corrected chi connectivity index (χ2v) is 6.73. The van der Waals surface area contributed by atoms with E-state index in [1.165, 1.54) is 29.7 Å². The minimum Gasteiger partial charge on any atom is -0.360 e. The monoisotopic (exact) mass is 405 g/mol. The summed E-state index contributed by atoms with van der Waals surface area (Å²) in [5.41, 5.74) is 1.22. The highest BCUT2D eigenvalue weighted by molar-refractivity contribution is 7.11. The van der Waals surface area contributed by atoms with Gasteiger partial charge in [-0.05, 0) is 30.3 Å². The van der Waals surface area contributed by atoms with E-state index >= 15 is 0 Å². The summed E-state index contributed by atoms with van der Waals surface area (Å²) >= 11 is 7.14. The number of hydrogen-bond acceptors (Lipinski definition) is 4. The Kier molecular flexibility index (Phi) is 5.49. The van der Waals surface area contributed by atoms with Crippen molar-refractivity contribution in [2.24, 2.45) is 0 Å². The summed E-state index contributed by atoms with van der Waals surface area (Å²) in [5, 5.41) is 15.0. The van der Waals surface area contributed by atoms with Crippen molar-refractivity contribution < 1.29 is 13.2 Å². The van der Waals surface area contributed by atoms with E-state index in [2.05, 4.69) is 10.3 Å². The van der Waals surface area contributed by atoms with Gasteiger partial charge in [-0.2, -0.15) is 18.4 Å². The Morgan fingerprint density at radius 1 is 1.19 bits per heavy atom. The van der Waals surface area contributed by atoms with Crippen LogP contribution in [0.5, 0.6) is 0 Å². The van der Waals surface area contributed by atoms with E-state index in [4.69, 9.17) is 11.6 Å². The Labute approximate surface area is 162 Å². The van der Waals surface area contributed by atoms with Gasteiger partial charge in [0, 0.05) is 27.9 Å². The van der Waals surface area contributed by atoms with Gasteiger partial charge in [-0.25, -0.2) is 4.98 Å². The van der Waals surface area contributed by atoms with Gasteiger partial charge < -0.3 is 5.32 Å². The van der Waals surface area contributed by atoms with Crippen LogP contribution in [0, 0.1) is 11.3 Å². The molecular formula is C19H11ClF3N3S. The zero-order valence-electron chi connectivity index (χ0n) is 13.6. The summed E-state index contributed by atoms with van der Waals surface area (Å²) in [4.78, 5) is 4.42. The Hall–Kier alpha value is -2.82. The standard InChI is InChI=1S/C19H11ClF3N3S/c20-15-6-4-12(5-7-15)17-11-27-18(26-17)13(9-24)10-25-16-3-1-2-14(8-16)19(21,22)23/h1-8,10-11,25H. The van der Waals surface area contributed by atoms with E-state index in [0.717, 1.165) is 17.7 Å². The van der Waals surface area contributed by atoms with E-state index in [9.17, 15) is 18.4 Å². The lowest BCUT2D eigenvalue weighted by molar-refractivity contribution is -0.137. The fourth-order valence-corrected chi connectivity index (χ4v) is 3.15. The van der Waals surface area contributed by atoms with E-state index in [1.54, 1.807) is 17.5 Å². The van der Waals surface area contributed by atoms with Gasteiger partial charge in [0.1, 0.15) is 16.6 Å². The Morgan fingerprint density at radius 3 is 2.59 bits per heavy atom. The molecule has 0 radical (unpaired) electrons. The van der Waals surface area contributed by atoms with Gasteiger partial charge in [0.25, 0.3) is 0 Å². The lowest BCUT2D eigenvalue weighted by Gasteiger charge is -2.08. The maximum Gasteiger partial charge on any atom is 0.416 e. The summed E-state index contributed by atoms with van der Waals surface area (Å²) in [6.07, 6.45) is -3.08. The van der Waals surface area contributed by atoms with Crippen LogP contribution >= 0.6 is 22.9 Å². The highest BCUT2D eigenvalue weighted by Gasteiger charge is 2.30. The number of rotatable bonds is 4. The lowest BCUT2D eigenvalue weighted by Crippen LogP contribution is -2.05. The largest absolute Gasteiger partial charge is 0.416 e. The van der Waals surface area contributed by atoms with Gasteiger partial charge in [0.15, 0.2) is 0 Å². The van der Waals surface area contributed by atoms with Crippen LogP contribution in [-0.4, -0.2) is 4.98 Å². The van der Waals surface area contributed by atoms with Gasteiger partial charge in [0.05, 0.1) is 11.3 Å². The molecule has 0 atom stereocenters. The number of nitriles is 1. The van der Waals surface area contributed by atoms with E-state index in [0.29, 0.717) is 15.7 Å². The van der Waals surface area contributed by atoms with E-state index in [-0.39, 0.29) is 11.3 Å². The van der Waals surface area contributed by atoms with Crippen LogP contribution in [0.3, 0.4) is 0 Å². The van der Waals surface area contributed by atoms with Crippen LogP contribution in [0.4, 0.5) is 18.9 Å². The zero-order chi connectivity index (χ0) is 19.4. The van der Waals surface area contributed by atoms with Crippen molar-refractivity contribution in [1.29, 1.82) is 5.26 Å². The molecule has 0 saturated carbocycles. The molecule has 0 aliphatic rings. The van der Waals surface area contributed by atoms with E-state index in [1.807, 2.05) is 18.2 Å². The molecule has 0 aliphatic carbocycles. The highest BCUT2D eigenvalue weighted by atomic mass is 35.5. The van der Waals surface area contributed by atoms with Gasteiger partial charge in [-0.3, -0.25) is 0 Å². The average molecular weight is 406 g/mol. The number of thiazole rings is 1. The van der Waals surface area contributed by atoms with Crippen LogP contribution < -0.4 is 5.32 Å². The average Bonchev–Trinajstić information content (AvgIpc) is 3.12. The molecule has 0 amide bonds.